The van der Waals surface area contributed by atoms with Crippen LogP contribution in [0.3, 0.4) is 0 Å². The molecule has 1 aliphatic rings. The summed E-state index contributed by atoms with van der Waals surface area (Å²) >= 11 is 5.84. The van der Waals surface area contributed by atoms with Crippen molar-refractivity contribution in [2.75, 3.05) is 13.2 Å². The molecule has 1 unspecified atom stereocenters. The molecule has 0 fully saturated rings. The molecule has 2 N–H and O–H groups in total. The molecule has 2 amide bonds. The van der Waals surface area contributed by atoms with Crippen molar-refractivity contribution < 1.29 is 28.6 Å². The number of esters is 2. The Hall–Kier alpha value is -2.74. The maximum atomic E-state index is 12.5. The van der Waals surface area contributed by atoms with Crippen LogP contribution >= 0.6 is 11.6 Å². The number of ether oxygens (including phenoxy) is 3. The lowest BCUT2D eigenvalue weighted by Crippen LogP contribution is -2.50. The third-order valence-electron chi connectivity index (χ3n) is 3.89. The highest BCUT2D eigenvalue weighted by atomic mass is 35.5. The van der Waals surface area contributed by atoms with E-state index in [1.165, 1.54) is 0 Å². The Morgan fingerprint density at radius 2 is 1.82 bits per heavy atom. The number of urea groups is 1. The van der Waals surface area contributed by atoms with Gasteiger partial charge in [0.05, 0.1) is 23.9 Å². The zero-order valence-electron chi connectivity index (χ0n) is 16.1. The molecule has 1 aromatic rings. The molecule has 1 atom stereocenters. The summed E-state index contributed by atoms with van der Waals surface area (Å²) in [4.78, 5) is 36.4. The van der Waals surface area contributed by atoms with E-state index in [0.717, 1.165) is 0 Å². The van der Waals surface area contributed by atoms with Gasteiger partial charge in [-0.1, -0.05) is 11.6 Å². The van der Waals surface area contributed by atoms with Crippen LogP contribution in [0.1, 0.15) is 27.7 Å². The van der Waals surface area contributed by atoms with Crippen LogP contribution in [0, 0.1) is 0 Å². The highest BCUT2D eigenvalue weighted by molar-refractivity contribution is 6.30. The van der Waals surface area contributed by atoms with Gasteiger partial charge in [0, 0.05) is 5.02 Å². The van der Waals surface area contributed by atoms with Gasteiger partial charge in [-0.2, -0.15) is 0 Å². The molecule has 0 saturated carbocycles. The number of hydrogen-bond acceptors (Lipinski definition) is 6. The molecule has 0 radical (unpaired) electrons. The highest BCUT2D eigenvalue weighted by Crippen LogP contribution is 2.22. The van der Waals surface area contributed by atoms with Crippen molar-refractivity contribution in [2.45, 2.75) is 39.3 Å². The first-order chi connectivity index (χ1) is 13.1. The zero-order valence-corrected chi connectivity index (χ0v) is 16.9. The van der Waals surface area contributed by atoms with Crippen LogP contribution in [0.25, 0.3) is 0 Å². The van der Waals surface area contributed by atoms with E-state index in [4.69, 9.17) is 25.8 Å². The summed E-state index contributed by atoms with van der Waals surface area (Å²) in [6.45, 7) is 6.29. The number of nitrogens with one attached hydrogen (secondary N) is 2. The molecule has 0 saturated heterocycles. The van der Waals surface area contributed by atoms with Gasteiger partial charge in [-0.3, -0.25) is 0 Å². The molecule has 152 valence electrons. The number of amides is 2. The molecular formula is C19H23ClN2O6. The van der Waals surface area contributed by atoms with Crippen molar-refractivity contribution in [1.82, 2.24) is 10.6 Å². The van der Waals surface area contributed by atoms with E-state index in [1.807, 2.05) is 0 Å². The smallest absolute Gasteiger partial charge is 0.350 e. The fraction of sp³-hybridized carbons (Fsp3) is 0.421. The first kappa shape index (κ1) is 21.6. The van der Waals surface area contributed by atoms with Gasteiger partial charge in [-0.15, -0.1) is 0 Å². The largest absolute Gasteiger partial charge is 0.476 e. The maximum Gasteiger partial charge on any atom is 0.350 e. The van der Waals surface area contributed by atoms with E-state index in [9.17, 15) is 14.4 Å². The van der Waals surface area contributed by atoms with Crippen LogP contribution in [0.4, 0.5) is 4.79 Å². The predicted molar refractivity (Wildman–Crippen MR) is 102 cm³/mol. The minimum Gasteiger partial charge on any atom is -0.476 e. The standard InChI is InChI=1S/C19H23ClN2O6/c1-5-26-16(23)15-11(2)21-18(25)22-14(15)10-27-17(24)19(3,4)28-13-8-6-12(20)7-9-13/h6-9,11H,5,10H2,1-4H3,(H2,21,22,25). The van der Waals surface area contributed by atoms with E-state index in [-0.39, 0.29) is 24.5 Å². The van der Waals surface area contributed by atoms with Gasteiger partial charge < -0.3 is 24.8 Å². The zero-order chi connectivity index (χ0) is 20.9. The third kappa shape index (κ3) is 5.39. The minimum absolute atomic E-state index is 0.172. The fourth-order valence-corrected chi connectivity index (χ4v) is 2.67. The Labute approximate surface area is 168 Å². The number of benzene rings is 1. The lowest BCUT2D eigenvalue weighted by Gasteiger charge is -2.28. The monoisotopic (exact) mass is 410 g/mol. The van der Waals surface area contributed by atoms with Gasteiger partial charge in [-0.25, -0.2) is 14.4 Å². The van der Waals surface area contributed by atoms with E-state index >= 15 is 0 Å². The van der Waals surface area contributed by atoms with Gasteiger partial charge >= 0.3 is 18.0 Å². The Morgan fingerprint density at radius 3 is 2.43 bits per heavy atom. The van der Waals surface area contributed by atoms with Gasteiger partial charge in [0.1, 0.15) is 12.4 Å². The molecule has 2 rings (SSSR count). The van der Waals surface area contributed by atoms with Crippen molar-refractivity contribution in [3.8, 4) is 5.75 Å². The van der Waals surface area contributed by atoms with E-state index in [1.54, 1.807) is 52.0 Å². The molecular weight excluding hydrogens is 388 g/mol. The van der Waals surface area contributed by atoms with Crippen LogP contribution in [0.2, 0.25) is 5.02 Å². The molecule has 8 nitrogen and oxygen atoms in total. The lowest BCUT2D eigenvalue weighted by molar-refractivity contribution is -0.158. The number of hydrogen-bond donors (Lipinski definition) is 2. The molecule has 1 aromatic carbocycles. The fourth-order valence-electron chi connectivity index (χ4n) is 2.54. The van der Waals surface area contributed by atoms with E-state index in [2.05, 4.69) is 10.6 Å². The first-order valence-corrected chi connectivity index (χ1v) is 9.11. The molecule has 9 heteroatoms. The Morgan fingerprint density at radius 1 is 1.18 bits per heavy atom. The molecule has 1 heterocycles. The second kappa shape index (κ2) is 8.97. The number of carbonyl (C=O) groups is 3. The average Bonchev–Trinajstić information content (AvgIpc) is 2.61. The summed E-state index contributed by atoms with van der Waals surface area (Å²) in [6, 6.07) is 5.46. The lowest BCUT2D eigenvalue weighted by atomic mass is 10.0. The summed E-state index contributed by atoms with van der Waals surface area (Å²) < 4.78 is 16.0. The molecule has 0 bridgehead atoms. The van der Waals surface area contributed by atoms with Crippen molar-refractivity contribution in [2.24, 2.45) is 0 Å². The van der Waals surface area contributed by atoms with Gasteiger partial charge in [-0.05, 0) is 52.0 Å². The molecule has 0 spiro atoms. The van der Waals surface area contributed by atoms with Crippen LogP contribution in [0.15, 0.2) is 35.5 Å². The van der Waals surface area contributed by atoms with Crippen LogP contribution in [-0.2, 0) is 19.1 Å². The van der Waals surface area contributed by atoms with Gasteiger partial charge in [0.15, 0.2) is 5.60 Å². The van der Waals surface area contributed by atoms with Crippen molar-refractivity contribution in [1.29, 1.82) is 0 Å². The Kier molecular flexibility index (Phi) is 6.90. The molecule has 28 heavy (non-hydrogen) atoms. The minimum atomic E-state index is -1.30. The normalized spacial score (nSPS) is 16.8. The van der Waals surface area contributed by atoms with Crippen molar-refractivity contribution >= 4 is 29.6 Å². The Bertz CT molecular complexity index is 788. The second-order valence-electron chi connectivity index (χ2n) is 6.58. The third-order valence-corrected chi connectivity index (χ3v) is 4.14. The van der Waals surface area contributed by atoms with Crippen LogP contribution < -0.4 is 15.4 Å². The number of rotatable bonds is 7. The molecule has 1 aliphatic heterocycles. The average molecular weight is 411 g/mol. The summed E-state index contributed by atoms with van der Waals surface area (Å²) in [7, 11) is 0. The maximum absolute atomic E-state index is 12.5. The van der Waals surface area contributed by atoms with E-state index in [0.29, 0.717) is 10.8 Å². The summed E-state index contributed by atoms with van der Waals surface area (Å²) in [5, 5.41) is 5.61. The van der Waals surface area contributed by atoms with Crippen LogP contribution in [-0.4, -0.2) is 42.8 Å². The van der Waals surface area contributed by atoms with Crippen LogP contribution in [0.5, 0.6) is 5.75 Å². The first-order valence-electron chi connectivity index (χ1n) is 8.73. The summed E-state index contributed by atoms with van der Waals surface area (Å²) in [6.07, 6.45) is 0. The summed E-state index contributed by atoms with van der Waals surface area (Å²) in [5.74, 6) is -0.814. The predicted octanol–water partition coefficient (Wildman–Crippen LogP) is 2.56. The second-order valence-corrected chi connectivity index (χ2v) is 7.01. The van der Waals surface area contributed by atoms with Crippen molar-refractivity contribution in [3.05, 3.63) is 40.6 Å². The van der Waals surface area contributed by atoms with Crippen molar-refractivity contribution in [3.63, 3.8) is 0 Å². The SMILES string of the molecule is CCOC(=O)C1=C(COC(=O)C(C)(C)Oc2ccc(Cl)cc2)NC(=O)NC1C. The molecule has 0 aliphatic carbocycles. The number of carbonyl (C=O) groups excluding carboxylic acids is 3. The number of halogens is 1. The quantitative estimate of drug-likeness (QED) is 0.669. The van der Waals surface area contributed by atoms with Gasteiger partial charge in [0.25, 0.3) is 0 Å². The Balaban J connectivity index is 2.11. The van der Waals surface area contributed by atoms with E-state index < -0.39 is 29.6 Å². The highest BCUT2D eigenvalue weighted by Gasteiger charge is 2.34. The van der Waals surface area contributed by atoms with Gasteiger partial charge in [0.2, 0.25) is 0 Å². The summed E-state index contributed by atoms with van der Waals surface area (Å²) in [5.41, 5.74) is -0.933. The topological polar surface area (TPSA) is 103 Å². The molecule has 0 aromatic heterocycles.